The Morgan fingerprint density at radius 1 is 1.53 bits per heavy atom. The standard InChI is InChI=1S/C12H15ClN2O2/c13-10-3-1-2-9(6-10)4-5-15-8-11(7-14)17-12(15)16/h1-3,6,11H,4-5,7-8,14H2. The van der Waals surface area contributed by atoms with E-state index >= 15 is 0 Å². The molecular formula is C12H15ClN2O2. The minimum absolute atomic E-state index is 0.165. The molecule has 1 aromatic rings. The molecule has 0 aromatic heterocycles. The van der Waals surface area contributed by atoms with Crippen molar-refractivity contribution < 1.29 is 9.53 Å². The molecule has 1 amide bonds. The van der Waals surface area contributed by atoms with Gasteiger partial charge in [0, 0.05) is 18.1 Å². The minimum Gasteiger partial charge on any atom is -0.443 e. The Hall–Kier alpha value is -1.26. The smallest absolute Gasteiger partial charge is 0.410 e. The molecular weight excluding hydrogens is 240 g/mol. The quantitative estimate of drug-likeness (QED) is 0.889. The Labute approximate surface area is 105 Å². The summed E-state index contributed by atoms with van der Waals surface area (Å²) in [6.45, 7) is 1.59. The van der Waals surface area contributed by atoms with E-state index in [2.05, 4.69) is 0 Å². The van der Waals surface area contributed by atoms with Gasteiger partial charge in [0.15, 0.2) is 0 Å². The van der Waals surface area contributed by atoms with E-state index in [9.17, 15) is 4.79 Å². The average Bonchev–Trinajstić information content (AvgIpc) is 2.68. The van der Waals surface area contributed by atoms with Gasteiger partial charge in [0.2, 0.25) is 0 Å². The third kappa shape index (κ3) is 3.11. The van der Waals surface area contributed by atoms with Gasteiger partial charge in [-0.3, -0.25) is 0 Å². The van der Waals surface area contributed by atoms with Gasteiger partial charge in [0.05, 0.1) is 6.54 Å². The summed E-state index contributed by atoms with van der Waals surface area (Å²) in [5, 5.41) is 0.714. The maximum absolute atomic E-state index is 11.5. The fourth-order valence-corrected chi connectivity index (χ4v) is 2.05. The maximum atomic E-state index is 11.5. The second kappa shape index (κ2) is 5.38. The Morgan fingerprint density at radius 3 is 3.00 bits per heavy atom. The molecule has 17 heavy (non-hydrogen) atoms. The van der Waals surface area contributed by atoms with Gasteiger partial charge in [0.1, 0.15) is 6.10 Å². The van der Waals surface area contributed by atoms with Crippen LogP contribution in [0.5, 0.6) is 0 Å². The number of nitrogens with two attached hydrogens (primary N) is 1. The SMILES string of the molecule is NCC1CN(CCc2cccc(Cl)c2)C(=O)O1. The molecule has 92 valence electrons. The Morgan fingerprint density at radius 2 is 2.35 bits per heavy atom. The molecule has 0 radical (unpaired) electrons. The normalized spacial score (nSPS) is 19.5. The minimum atomic E-state index is -0.275. The van der Waals surface area contributed by atoms with E-state index in [-0.39, 0.29) is 12.2 Å². The fourth-order valence-electron chi connectivity index (χ4n) is 1.84. The predicted molar refractivity (Wildman–Crippen MR) is 66.1 cm³/mol. The first-order valence-electron chi connectivity index (χ1n) is 5.59. The van der Waals surface area contributed by atoms with Crippen LogP contribution in [0.4, 0.5) is 4.79 Å². The highest BCUT2D eigenvalue weighted by Crippen LogP contribution is 2.14. The maximum Gasteiger partial charge on any atom is 0.410 e. The van der Waals surface area contributed by atoms with Gasteiger partial charge in [-0.15, -0.1) is 0 Å². The first kappa shape index (κ1) is 12.2. The number of cyclic esters (lactones) is 1. The molecule has 0 bridgehead atoms. The third-order valence-electron chi connectivity index (χ3n) is 2.77. The molecule has 1 aromatic carbocycles. The second-order valence-electron chi connectivity index (χ2n) is 4.07. The number of hydrogen-bond acceptors (Lipinski definition) is 3. The van der Waals surface area contributed by atoms with E-state index in [0.29, 0.717) is 24.7 Å². The summed E-state index contributed by atoms with van der Waals surface area (Å²) >= 11 is 5.89. The van der Waals surface area contributed by atoms with E-state index < -0.39 is 0 Å². The van der Waals surface area contributed by atoms with Crippen LogP contribution in [0.25, 0.3) is 0 Å². The summed E-state index contributed by atoms with van der Waals surface area (Å²) < 4.78 is 5.07. The lowest BCUT2D eigenvalue weighted by molar-refractivity contribution is 0.135. The van der Waals surface area contributed by atoms with Crippen molar-refractivity contribution in [1.29, 1.82) is 0 Å². The molecule has 4 nitrogen and oxygen atoms in total. The van der Waals surface area contributed by atoms with Gasteiger partial charge >= 0.3 is 6.09 Å². The van der Waals surface area contributed by atoms with Crippen molar-refractivity contribution in [2.45, 2.75) is 12.5 Å². The number of rotatable bonds is 4. The fraction of sp³-hybridized carbons (Fsp3) is 0.417. The van der Waals surface area contributed by atoms with Crippen molar-refractivity contribution in [3.63, 3.8) is 0 Å². The van der Waals surface area contributed by atoms with Crippen LogP contribution in [0, 0.1) is 0 Å². The van der Waals surface area contributed by atoms with Gasteiger partial charge < -0.3 is 15.4 Å². The zero-order valence-corrected chi connectivity index (χ0v) is 10.2. The Kier molecular flexibility index (Phi) is 3.86. The first-order valence-corrected chi connectivity index (χ1v) is 5.97. The summed E-state index contributed by atoms with van der Waals surface area (Å²) in [6, 6.07) is 7.64. The lowest BCUT2D eigenvalue weighted by Crippen LogP contribution is -2.29. The molecule has 1 saturated heterocycles. The number of hydrogen-bond donors (Lipinski definition) is 1. The molecule has 2 N–H and O–H groups in total. The van der Waals surface area contributed by atoms with Crippen LogP contribution in [0.3, 0.4) is 0 Å². The topological polar surface area (TPSA) is 55.6 Å². The molecule has 1 aliphatic heterocycles. The molecule has 2 rings (SSSR count). The lowest BCUT2D eigenvalue weighted by atomic mass is 10.1. The van der Waals surface area contributed by atoms with Crippen molar-refractivity contribution in [1.82, 2.24) is 4.90 Å². The van der Waals surface area contributed by atoms with Crippen LogP contribution in [0.1, 0.15) is 5.56 Å². The van der Waals surface area contributed by atoms with Gasteiger partial charge in [-0.05, 0) is 24.1 Å². The number of ether oxygens (including phenoxy) is 1. The number of carbonyl (C=O) groups excluding carboxylic acids is 1. The zero-order valence-electron chi connectivity index (χ0n) is 9.43. The number of carbonyl (C=O) groups is 1. The van der Waals surface area contributed by atoms with Crippen molar-refractivity contribution in [3.05, 3.63) is 34.9 Å². The van der Waals surface area contributed by atoms with Crippen molar-refractivity contribution in [3.8, 4) is 0 Å². The average molecular weight is 255 g/mol. The summed E-state index contributed by atoms with van der Waals surface area (Å²) in [4.78, 5) is 13.1. The molecule has 0 aliphatic carbocycles. The van der Waals surface area contributed by atoms with Crippen molar-refractivity contribution >= 4 is 17.7 Å². The molecule has 1 atom stereocenters. The van der Waals surface area contributed by atoms with E-state index in [4.69, 9.17) is 22.1 Å². The molecule has 1 aliphatic rings. The van der Waals surface area contributed by atoms with Gasteiger partial charge in [0.25, 0.3) is 0 Å². The van der Waals surface area contributed by atoms with Gasteiger partial charge in [-0.1, -0.05) is 23.7 Å². The Bertz CT molecular complexity index is 411. The van der Waals surface area contributed by atoms with Gasteiger partial charge in [-0.25, -0.2) is 4.79 Å². The van der Waals surface area contributed by atoms with Crippen molar-refractivity contribution in [2.24, 2.45) is 5.73 Å². The van der Waals surface area contributed by atoms with Crippen LogP contribution >= 0.6 is 11.6 Å². The summed E-state index contributed by atoms with van der Waals surface area (Å²) in [5.41, 5.74) is 6.58. The molecule has 0 saturated carbocycles. The van der Waals surface area contributed by atoms with Crippen LogP contribution in [0.15, 0.2) is 24.3 Å². The number of amides is 1. The van der Waals surface area contributed by atoms with Crippen LogP contribution < -0.4 is 5.73 Å². The highest BCUT2D eigenvalue weighted by molar-refractivity contribution is 6.30. The molecule has 0 spiro atoms. The van der Waals surface area contributed by atoms with Crippen LogP contribution in [-0.4, -0.2) is 36.7 Å². The lowest BCUT2D eigenvalue weighted by Gasteiger charge is -2.12. The summed E-state index contributed by atoms with van der Waals surface area (Å²) in [7, 11) is 0. The van der Waals surface area contributed by atoms with E-state index in [1.165, 1.54) is 0 Å². The predicted octanol–water partition coefficient (Wildman–Crippen LogP) is 1.66. The zero-order chi connectivity index (χ0) is 12.3. The summed E-state index contributed by atoms with van der Waals surface area (Å²) in [5.74, 6) is 0. The third-order valence-corrected chi connectivity index (χ3v) is 3.01. The number of halogens is 1. The van der Waals surface area contributed by atoms with E-state index in [1.807, 2.05) is 24.3 Å². The molecule has 5 heteroatoms. The van der Waals surface area contributed by atoms with Crippen LogP contribution in [-0.2, 0) is 11.2 Å². The Balaban J connectivity index is 1.88. The molecule has 1 heterocycles. The highest BCUT2D eigenvalue weighted by Gasteiger charge is 2.29. The number of nitrogens with zero attached hydrogens (tertiary/aromatic N) is 1. The first-order chi connectivity index (χ1) is 8.19. The van der Waals surface area contributed by atoms with E-state index in [1.54, 1.807) is 4.90 Å². The van der Waals surface area contributed by atoms with Gasteiger partial charge in [-0.2, -0.15) is 0 Å². The van der Waals surface area contributed by atoms with Crippen LogP contribution in [0.2, 0.25) is 5.02 Å². The van der Waals surface area contributed by atoms with Crippen molar-refractivity contribution in [2.75, 3.05) is 19.6 Å². The number of benzene rings is 1. The monoisotopic (exact) mass is 254 g/mol. The molecule has 1 unspecified atom stereocenters. The largest absolute Gasteiger partial charge is 0.443 e. The summed E-state index contributed by atoms with van der Waals surface area (Å²) in [6.07, 6.45) is 0.330. The second-order valence-corrected chi connectivity index (χ2v) is 4.50. The molecule has 1 fully saturated rings. The highest BCUT2D eigenvalue weighted by atomic mass is 35.5. The van der Waals surface area contributed by atoms with E-state index in [0.717, 1.165) is 12.0 Å².